The summed E-state index contributed by atoms with van der Waals surface area (Å²) in [5.41, 5.74) is 12.1. The first-order valence-corrected chi connectivity index (χ1v) is 17.3. The molecule has 2 saturated carbocycles. The van der Waals surface area contributed by atoms with E-state index >= 15 is 0 Å². The topological polar surface area (TPSA) is 126 Å². The van der Waals surface area contributed by atoms with Gasteiger partial charge in [0.25, 0.3) is 0 Å². The lowest BCUT2D eigenvalue weighted by Gasteiger charge is -2.65. The second-order valence-corrected chi connectivity index (χ2v) is 16.3. The zero-order chi connectivity index (χ0) is 30.2. The van der Waals surface area contributed by atoms with Crippen LogP contribution in [0.5, 0.6) is 0 Å². The Kier molecular flexibility index (Phi) is 6.84. The minimum atomic E-state index is -0.843. The van der Waals surface area contributed by atoms with Crippen LogP contribution in [0.15, 0.2) is 0 Å². The molecule has 244 valence electrons. The molecule has 0 aromatic heterocycles. The highest BCUT2D eigenvalue weighted by atomic mass is 17.3. The second-order valence-electron chi connectivity index (χ2n) is 16.3. The van der Waals surface area contributed by atoms with Crippen LogP contribution < -0.4 is 11.5 Å². The average Bonchev–Trinajstić information content (AvgIpc) is 3.35. The Labute approximate surface area is 256 Å². The van der Waals surface area contributed by atoms with Gasteiger partial charge in [-0.1, -0.05) is 27.7 Å². The molecule has 4 bridgehead atoms. The van der Waals surface area contributed by atoms with E-state index in [0.29, 0.717) is 24.3 Å². The first kappa shape index (κ1) is 30.0. The molecule has 10 nitrogen and oxygen atoms in total. The van der Waals surface area contributed by atoms with Gasteiger partial charge in [-0.15, -0.1) is 0 Å². The fourth-order valence-electron chi connectivity index (χ4n) is 11.4. The molecule has 0 amide bonds. The minimum absolute atomic E-state index is 0.00777. The van der Waals surface area contributed by atoms with Crippen molar-refractivity contribution in [3.05, 3.63) is 0 Å². The van der Waals surface area contributed by atoms with Crippen molar-refractivity contribution < 1.29 is 38.5 Å². The molecule has 0 radical (unpaired) electrons. The monoisotopic (exact) mass is 606 g/mol. The molecule has 17 atom stereocenters. The molecule has 5 unspecified atom stereocenters. The van der Waals surface area contributed by atoms with Gasteiger partial charge in [-0.05, 0) is 89.0 Å². The number of rotatable bonds is 4. The van der Waals surface area contributed by atoms with Crippen LogP contribution in [0.3, 0.4) is 0 Å². The van der Waals surface area contributed by atoms with Gasteiger partial charge in [-0.3, -0.25) is 0 Å². The Hall–Kier alpha value is -0.400. The van der Waals surface area contributed by atoms with Crippen molar-refractivity contribution in [2.75, 3.05) is 6.54 Å². The van der Waals surface area contributed by atoms with Crippen molar-refractivity contribution in [2.45, 2.75) is 152 Å². The van der Waals surface area contributed by atoms with Gasteiger partial charge in [0.15, 0.2) is 23.8 Å². The molecule has 4 N–H and O–H groups in total. The van der Waals surface area contributed by atoms with Crippen LogP contribution in [0.1, 0.15) is 99.3 Å². The molecule has 10 fully saturated rings. The Bertz CT molecular complexity index is 1110. The summed E-state index contributed by atoms with van der Waals surface area (Å²) in [7, 11) is 0. The van der Waals surface area contributed by atoms with Gasteiger partial charge < -0.3 is 30.4 Å². The number of hydrogen-bond donors (Lipinski definition) is 2. The molecule has 8 aliphatic heterocycles. The predicted molar refractivity (Wildman–Crippen MR) is 154 cm³/mol. The lowest BCUT2D eigenvalue weighted by molar-refractivity contribution is -0.574. The number of fused-ring (bicyclic) bond motifs is 4. The first-order chi connectivity index (χ1) is 20.4. The van der Waals surface area contributed by atoms with Crippen LogP contribution in [-0.2, 0) is 38.5 Å². The van der Waals surface area contributed by atoms with Gasteiger partial charge >= 0.3 is 0 Å². The van der Waals surface area contributed by atoms with Gasteiger partial charge in [0.1, 0.15) is 0 Å². The molecular weight excluding hydrogens is 552 g/mol. The molecular formula is C33H54N2O8. The number of ether oxygens (including phenoxy) is 4. The van der Waals surface area contributed by atoms with Gasteiger partial charge in [0, 0.05) is 36.5 Å². The summed E-state index contributed by atoms with van der Waals surface area (Å²) in [6.45, 7) is 13.6. The quantitative estimate of drug-likeness (QED) is 0.441. The fraction of sp³-hybridized carbons (Fsp3) is 1.00. The first-order valence-electron chi connectivity index (χ1n) is 17.3. The van der Waals surface area contributed by atoms with Crippen LogP contribution in [0.25, 0.3) is 0 Å². The minimum Gasteiger partial charge on any atom is -0.346 e. The summed E-state index contributed by atoms with van der Waals surface area (Å²) < 4.78 is 27.3. The molecule has 10 heteroatoms. The van der Waals surface area contributed by atoms with E-state index in [1.54, 1.807) is 0 Å². The lowest BCUT2D eigenvalue weighted by atomic mass is 9.52. The molecule has 10 rings (SSSR count). The fourth-order valence-corrected chi connectivity index (χ4v) is 11.4. The van der Waals surface area contributed by atoms with Crippen LogP contribution in [0.2, 0.25) is 0 Å². The zero-order valence-corrected chi connectivity index (χ0v) is 26.9. The van der Waals surface area contributed by atoms with Crippen LogP contribution in [0.4, 0.5) is 0 Å². The summed E-state index contributed by atoms with van der Waals surface area (Å²) in [6.07, 6.45) is 7.03. The zero-order valence-electron chi connectivity index (χ0n) is 26.9. The van der Waals surface area contributed by atoms with E-state index in [1.165, 1.54) is 6.42 Å². The summed E-state index contributed by atoms with van der Waals surface area (Å²) in [4.78, 5) is 24.8. The molecule has 0 aromatic rings. The van der Waals surface area contributed by atoms with E-state index in [9.17, 15) is 0 Å². The standard InChI is InChI=1S/C33H54N2O8/c1-17-7-8-24-19(3)26(37-27-32(24)22(17)10-12-29(5,38-27)40-42-32)21(16-34)15-25-20(4)31(35)14-9-18(2)23-11-13-30(6)39-28(36-25)33(23,31)43-41-30/h17-28H,7-16,34-35H2,1-6H3/t17-,18-,19?,20?,21?,22+,23+,24+,25?,26?,27-,28-,29-,30-,31-,32-,33+/m1/s1. The highest BCUT2D eigenvalue weighted by molar-refractivity contribution is 5.21. The third-order valence-corrected chi connectivity index (χ3v) is 14.1. The second kappa shape index (κ2) is 9.81. The summed E-state index contributed by atoms with van der Waals surface area (Å²) >= 11 is 0. The third kappa shape index (κ3) is 3.88. The van der Waals surface area contributed by atoms with E-state index in [2.05, 4.69) is 27.7 Å². The van der Waals surface area contributed by atoms with E-state index in [0.717, 1.165) is 51.4 Å². The van der Waals surface area contributed by atoms with Gasteiger partial charge in [-0.25, -0.2) is 19.6 Å². The van der Waals surface area contributed by atoms with Crippen LogP contribution in [-0.4, -0.2) is 59.6 Å². The summed E-state index contributed by atoms with van der Waals surface area (Å²) in [6, 6.07) is 0. The molecule has 2 aliphatic carbocycles. The molecule has 8 saturated heterocycles. The van der Waals surface area contributed by atoms with Gasteiger partial charge in [0.2, 0.25) is 11.6 Å². The summed E-state index contributed by atoms with van der Waals surface area (Å²) in [5, 5.41) is 0. The van der Waals surface area contributed by atoms with Crippen molar-refractivity contribution in [1.29, 1.82) is 0 Å². The Morgan fingerprint density at radius 2 is 1.40 bits per heavy atom. The van der Waals surface area contributed by atoms with Crippen LogP contribution >= 0.6 is 0 Å². The third-order valence-electron chi connectivity index (χ3n) is 14.1. The lowest BCUT2D eigenvalue weighted by Crippen LogP contribution is -2.82. The van der Waals surface area contributed by atoms with Crippen molar-refractivity contribution in [2.24, 2.45) is 58.8 Å². The molecule has 43 heavy (non-hydrogen) atoms. The predicted octanol–water partition coefficient (Wildman–Crippen LogP) is 4.53. The molecule has 10 aliphatic rings. The van der Waals surface area contributed by atoms with Crippen LogP contribution in [0, 0.1) is 47.3 Å². The van der Waals surface area contributed by atoms with E-state index in [4.69, 9.17) is 50.0 Å². The van der Waals surface area contributed by atoms with Gasteiger partial charge in [0.05, 0.1) is 17.7 Å². The van der Waals surface area contributed by atoms with Crippen molar-refractivity contribution >= 4 is 0 Å². The highest BCUT2D eigenvalue weighted by Crippen LogP contribution is 2.63. The number of nitrogens with two attached hydrogens (primary N) is 2. The highest BCUT2D eigenvalue weighted by Gasteiger charge is 2.75. The van der Waals surface area contributed by atoms with Gasteiger partial charge in [-0.2, -0.15) is 0 Å². The van der Waals surface area contributed by atoms with Crippen molar-refractivity contribution in [3.63, 3.8) is 0 Å². The Morgan fingerprint density at radius 1 is 0.721 bits per heavy atom. The van der Waals surface area contributed by atoms with Crippen molar-refractivity contribution in [3.8, 4) is 0 Å². The van der Waals surface area contributed by atoms with E-state index < -0.39 is 40.9 Å². The Morgan fingerprint density at radius 3 is 2.14 bits per heavy atom. The van der Waals surface area contributed by atoms with E-state index in [-0.39, 0.29) is 41.8 Å². The maximum Gasteiger partial charge on any atom is 0.201 e. The molecule has 2 spiro atoms. The number of hydrogen-bond acceptors (Lipinski definition) is 10. The smallest absolute Gasteiger partial charge is 0.201 e. The Balaban J connectivity index is 1.09. The maximum absolute atomic E-state index is 7.52. The molecule has 0 aromatic carbocycles. The average molecular weight is 607 g/mol. The normalized spacial score (nSPS) is 61.3. The van der Waals surface area contributed by atoms with Crippen molar-refractivity contribution in [1.82, 2.24) is 0 Å². The summed E-state index contributed by atoms with van der Waals surface area (Å²) in [5.74, 6) is 0.404. The van der Waals surface area contributed by atoms with E-state index in [1.807, 2.05) is 13.8 Å². The maximum atomic E-state index is 7.52. The largest absolute Gasteiger partial charge is 0.346 e. The SMILES string of the molecule is CC1C(C(CN)CC2O[C@@H]3O[C@@]4(C)CC[C@H]5[C@H](C)CC[C@@](N)(C2C)[C@@]35OO4)O[C@@H]2O[C@@]3(C)CC[C@H]4[C@H](C)CC[C@@H]1[C@@]24OO3. The molecule has 8 heterocycles.